The van der Waals surface area contributed by atoms with Crippen molar-refractivity contribution >= 4 is 29.0 Å². The second-order valence-corrected chi connectivity index (χ2v) is 13.0. The van der Waals surface area contributed by atoms with E-state index in [1.54, 1.807) is 0 Å². The van der Waals surface area contributed by atoms with Gasteiger partial charge in [0.25, 0.3) is 0 Å². The van der Waals surface area contributed by atoms with Crippen molar-refractivity contribution in [2.24, 2.45) is 5.73 Å². The molecule has 0 saturated carbocycles. The lowest BCUT2D eigenvalue weighted by Crippen LogP contribution is -2.12. The van der Waals surface area contributed by atoms with Gasteiger partial charge in [0.15, 0.2) is 5.78 Å². The van der Waals surface area contributed by atoms with Crippen LogP contribution in [0.2, 0.25) is 10.0 Å². The summed E-state index contributed by atoms with van der Waals surface area (Å²) >= 11 is 13.7. The molecule has 0 aliphatic carbocycles. The Bertz CT molecular complexity index is 2050. The van der Waals surface area contributed by atoms with Gasteiger partial charge in [0.2, 0.25) is 0 Å². The number of rotatable bonds is 18. The number of nitrogens with two attached hydrogens (primary N) is 1. The third-order valence-electron chi connectivity index (χ3n) is 8.53. The molecule has 52 heavy (non-hydrogen) atoms. The highest BCUT2D eigenvalue weighted by molar-refractivity contribution is 6.34. The highest BCUT2D eigenvalue weighted by Gasteiger charge is 2.24. The number of halogens is 2. The molecular formula is C43H41Cl2N3O4. The van der Waals surface area contributed by atoms with Gasteiger partial charge in [-0.3, -0.25) is 4.79 Å². The Labute approximate surface area is 314 Å². The first-order chi connectivity index (χ1) is 25.5. The van der Waals surface area contributed by atoms with E-state index in [-0.39, 0.29) is 5.78 Å². The summed E-state index contributed by atoms with van der Waals surface area (Å²) in [6.07, 6.45) is 1.04. The second kappa shape index (κ2) is 18.6. The van der Waals surface area contributed by atoms with E-state index in [0.29, 0.717) is 74.6 Å². The Balaban J connectivity index is 1.29. The molecule has 1 heterocycles. The van der Waals surface area contributed by atoms with Crippen LogP contribution in [0.5, 0.6) is 5.75 Å². The molecule has 9 heteroatoms. The Morgan fingerprint density at radius 2 is 1.31 bits per heavy atom. The summed E-state index contributed by atoms with van der Waals surface area (Å²) in [5.74, 6) is 1.57. The van der Waals surface area contributed by atoms with Crippen LogP contribution in [-0.4, -0.2) is 48.3 Å². The maximum absolute atomic E-state index is 13.0. The molecule has 5 aromatic carbocycles. The fraction of sp³-hybridized carbons (Fsp3) is 0.209. The number of imidazole rings is 1. The summed E-state index contributed by atoms with van der Waals surface area (Å²) in [5.41, 5.74) is 12.3. The molecule has 266 valence electrons. The predicted molar refractivity (Wildman–Crippen MR) is 209 cm³/mol. The van der Waals surface area contributed by atoms with Crippen molar-refractivity contribution in [1.82, 2.24) is 9.55 Å². The molecule has 6 aromatic rings. The number of carbonyl (C=O) groups is 1. The van der Waals surface area contributed by atoms with Gasteiger partial charge in [0, 0.05) is 53.4 Å². The van der Waals surface area contributed by atoms with Gasteiger partial charge >= 0.3 is 0 Å². The van der Waals surface area contributed by atoms with Crippen LogP contribution >= 0.6 is 23.2 Å². The lowest BCUT2D eigenvalue weighted by molar-refractivity contribution is 0.0489. The molecule has 0 saturated heterocycles. The standard InChI is InChI=1S/C43H41Cl2N3O4/c44-38-13-6-4-11-36(38)41-42(37-12-5-7-14-39(37)45)48(43(47-41)34-20-22-35(23-21-34)52-30-32-9-2-1-3-10-32)29-31-16-18-33(19-17-31)40(49)15-8-25-50-27-28-51-26-24-46/h1-7,9-14,16-23H,8,15,24-30,46H2. The van der Waals surface area contributed by atoms with Crippen LogP contribution in [0, 0.1) is 0 Å². The minimum Gasteiger partial charge on any atom is -0.489 e. The molecule has 0 unspecified atom stereocenters. The number of benzene rings is 5. The van der Waals surface area contributed by atoms with Crippen LogP contribution in [-0.2, 0) is 22.6 Å². The second-order valence-electron chi connectivity index (χ2n) is 12.2. The van der Waals surface area contributed by atoms with Crippen LogP contribution in [0.25, 0.3) is 33.9 Å². The number of hydrogen-bond acceptors (Lipinski definition) is 6. The van der Waals surface area contributed by atoms with E-state index >= 15 is 0 Å². The molecule has 0 amide bonds. The molecule has 0 aliphatic rings. The van der Waals surface area contributed by atoms with Gasteiger partial charge in [0.1, 0.15) is 18.2 Å². The Morgan fingerprint density at radius 1 is 0.673 bits per heavy atom. The fourth-order valence-corrected chi connectivity index (χ4v) is 6.35. The van der Waals surface area contributed by atoms with Gasteiger partial charge in [-0.15, -0.1) is 0 Å². The highest BCUT2D eigenvalue weighted by Crippen LogP contribution is 2.41. The summed E-state index contributed by atoms with van der Waals surface area (Å²) in [7, 11) is 0. The summed E-state index contributed by atoms with van der Waals surface area (Å²) in [4.78, 5) is 18.3. The normalized spacial score (nSPS) is 11.1. The molecule has 6 rings (SSSR count). The molecule has 0 fully saturated rings. The van der Waals surface area contributed by atoms with Gasteiger partial charge in [-0.2, -0.15) is 0 Å². The van der Waals surface area contributed by atoms with Crippen LogP contribution < -0.4 is 10.5 Å². The zero-order chi connectivity index (χ0) is 36.1. The van der Waals surface area contributed by atoms with Crippen LogP contribution in [0.4, 0.5) is 0 Å². The number of ketones is 1. The van der Waals surface area contributed by atoms with E-state index in [1.165, 1.54) is 0 Å². The lowest BCUT2D eigenvalue weighted by Gasteiger charge is -2.15. The maximum Gasteiger partial charge on any atom is 0.162 e. The zero-order valence-corrected chi connectivity index (χ0v) is 30.4. The van der Waals surface area contributed by atoms with Gasteiger partial charge < -0.3 is 24.5 Å². The SMILES string of the molecule is NCCOCCOCCCC(=O)c1ccc(Cn2c(-c3ccc(OCc4ccccc4)cc3)nc(-c3ccccc3Cl)c2-c2ccccc2Cl)cc1. The van der Waals surface area contributed by atoms with Crippen molar-refractivity contribution in [3.05, 3.63) is 154 Å². The number of carbonyl (C=O) groups excluding carboxylic acids is 1. The van der Waals surface area contributed by atoms with E-state index in [9.17, 15) is 4.79 Å². The zero-order valence-electron chi connectivity index (χ0n) is 28.8. The van der Waals surface area contributed by atoms with Crippen molar-refractivity contribution in [2.45, 2.75) is 26.0 Å². The van der Waals surface area contributed by atoms with Crippen LogP contribution in [0.1, 0.15) is 34.3 Å². The summed E-state index contributed by atoms with van der Waals surface area (Å²) in [6, 6.07) is 41.3. The molecule has 0 radical (unpaired) electrons. The Hall–Kier alpha value is -4.76. The first-order valence-corrected chi connectivity index (χ1v) is 18.1. The minimum absolute atomic E-state index is 0.0742. The summed E-state index contributed by atoms with van der Waals surface area (Å²) in [5, 5.41) is 1.19. The van der Waals surface area contributed by atoms with Crippen molar-refractivity contribution in [3.63, 3.8) is 0 Å². The first kappa shape index (κ1) is 37.0. The van der Waals surface area contributed by atoms with Crippen molar-refractivity contribution in [1.29, 1.82) is 0 Å². The molecule has 7 nitrogen and oxygen atoms in total. The van der Waals surface area contributed by atoms with Crippen LogP contribution in [0.15, 0.2) is 127 Å². The van der Waals surface area contributed by atoms with E-state index < -0.39 is 0 Å². The number of Topliss-reactive ketones (excluding diaryl/α,β-unsaturated/α-hetero) is 1. The van der Waals surface area contributed by atoms with Gasteiger partial charge in [-0.05, 0) is 53.9 Å². The molecule has 0 spiro atoms. The van der Waals surface area contributed by atoms with E-state index in [1.807, 2.05) is 127 Å². The van der Waals surface area contributed by atoms with Gasteiger partial charge in [-0.25, -0.2) is 4.98 Å². The topological polar surface area (TPSA) is 88.6 Å². The molecule has 0 aliphatic heterocycles. The van der Waals surface area contributed by atoms with E-state index in [0.717, 1.165) is 50.8 Å². The number of aromatic nitrogens is 2. The van der Waals surface area contributed by atoms with Crippen molar-refractivity contribution < 1.29 is 19.0 Å². The quantitative estimate of drug-likeness (QED) is 0.0699. The van der Waals surface area contributed by atoms with E-state index in [2.05, 4.69) is 4.57 Å². The smallest absolute Gasteiger partial charge is 0.162 e. The molecule has 2 N–H and O–H groups in total. The average Bonchev–Trinajstić information content (AvgIpc) is 3.54. The third kappa shape index (κ3) is 9.56. The molecule has 0 atom stereocenters. The summed E-state index contributed by atoms with van der Waals surface area (Å²) < 4.78 is 19.2. The Kier molecular flexibility index (Phi) is 13.3. The first-order valence-electron chi connectivity index (χ1n) is 17.4. The van der Waals surface area contributed by atoms with Crippen LogP contribution in [0.3, 0.4) is 0 Å². The number of nitrogens with zero attached hydrogens (tertiary/aromatic N) is 2. The summed E-state index contributed by atoms with van der Waals surface area (Å²) in [6.45, 7) is 3.42. The molecule has 0 bridgehead atoms. The number of hydrogen-bond donors (Lipinski definition) is 1. The van der Waals surface area contributed by atoms with Gasteiger partial charge in [0.05, 0.1) is 36.2 Å². The average molecular weight is 735 g/mol. The third-order valence-corrected chi connectivity index (χ3v) is 9.19. The van der Waals surface area contributed by atoms with E-state index in [4.69, 9.17) is 48.1 Å². The Morgan fingerprint density at radius 3 is 1.98 bits per heavy atom. The maximum atomic E-state index is 13.0. The number of ether oxygens (including phenoxy) is 3. The fourth-order valence-electron chi connectivity index (χ4n) is 5.90. The largest absolute Gasteiger partial charge is 0.489 e. The minimum atomic E-state index is 0.0742. The molecular weight excluding hydrogens is 693 g/mol. The lowest BCUT2D eigenvalue weighted by atomic mass is 10.0. The van der Waals surface area contributed by atoms with Crippen molar-refractivity contribution in [3.8, 4) is 39.7 Å². The highest BCUT2D eigenvalue weighted by atomic mass is 35.5. The molecule has 1 aromatic heterocycles. The predicted octanol–water partition coefficient (Wildman–Crippen LogP) is 9.77. The monoisotopic (exact) mass is 733 g/mol. The van der Waals surface area contributed by atoms with Crippen molar-refractivity contribution in [2.75, 3.05) is 33.0 Å². The van der Waals surface area contributed by atoms with Gasteiger partial charge in [-0.1, -0.05) is 114 Å².